The van der Waals surface area contributed by atoms with Gasteiger partial charge >= 0.3 is 0 Å². The van der Waals surface area contributed by atoms with Crippen molar-refractivity contribution in [2.45, 2.75) is 19.9 Å². The Morgan fingerprint density at radius 1 is 1.08 bits per heavy atom. The number of carbonyl (C=O) groups excluding carboxylic acids is 2. The Bertz CT molecular complexity index is 780. The molecule has 6 nitrogen and oxygen atoms in total. The molecule has 0 unspecified atom stereocenters. The molecule has 25 heavy (non-hydrogen) atoms. The molecule has 0 saturated heterocycles. The second-order valence-electron chi connectivity index (χ2n) is 5.46. The van der Waals surface area contributed by atoms with E-state index in [9.17, 15) is 9.59 Å². The van der Waals surface area contributed by atoms with E-state index >= 15 is 0 Å². The molecule has 2 aromatic carbocycles. The van der Waals surface area contributed by atoms with E-state index in [0.717, 1.165) is 0 Å². The van der Waals surface area contributed by atoms with Crippen LogP contribution in [0, 0.1) is 0 Å². The minimum absolute atomic E-state index is 0.178. The zero-order chi connectivity index (χ0) is 18.4. The standard InChI is InChI=1S/C18H20ClN3O3/c1-11(18(24)22-14-6-4-5-13(19)9-14)20-16-10-15(21-12(2)23)7-8-17(16)25-3/h4-11,20H,1-3H3,(H,21,23)(H,22,24)/t11-/m0/s1. The van der Waals surface area contributed by atoms with Gasteiger partial charge < -0.3 is 20.7 Å². The fourth-order valence-corrected chi connectivity index (χ4v) is 2.41. The van der Waals surface area contributed by atoms with Crippen LogP contribution < -0.4 is 20.7 Å². The minimum atomic E-state index is -0.541. The lowest BCUT2D eigenvalue weighted by Crippen LogP contribution is -2.32. The fraction of sp³-hybridized carbons (Fsp3) is 0.222. The largest absolute Gasteiger partial charge is 0.495 e. The van der Waals surface area contributed by atoms with Gasteiger partial charge in [0.2, 0.25) is 11.8 Å². The van der Waals surface area contributed by atoms with Gasteiger partial charge in [0.05, 0.1) is 12.8 Å². The van der Waals surface area contributed by atoms with E-state index in [-0.39, 0.29) is 11.8 Å². The number of rotatable bonds is 6. The number of hydrogen-bond donors (Lipinski definition) is 3. The van der Waals surface area contributed by atoms with Gasteiger partial charge in [-0.15, -0.1) is 0 Å². The van der Waals surface area contributed by atoms with Gasteiger partial charge in [-0.25, -0.2) is 0 Å². The van der Waals surface area contributed by atoms with Gasteiger partial charge in [0.15, 0.2) is 0 Å². The number of benzene rings is 2. The predicted octanol–water partition coefficient (Wildman–Crippen LogP) is 3.75. The molecule has 0 fully saturated rings. The Morgan fingerprint density at radius 2 is 1.80 bits per heavy atom. The lowest BCUT2D eigenvalue weighted by molar-refractivity contribution is -0.116. The van der Waals surface area contributed by atoms with Gasteiger partial charge in [0.1, 0.15) is 11.8 Å². The number of anilines is 3. The van der Waals surface area contributed by atoms with Crippen LogP contribution >= 0.6 is 11.6 Å². The number of halogens is 1. The summed E-state index contributed by atoms with van der Waals surface area (Å²) in [6.45, 7) is 3.16. The highest BCUT2D eigenvalue weighted by molar-refractivity contribution is 6.30. The molecule has 132 valence electrons. The highest BCUT2D eigenvalue weighted by atomic mass is 35.5. The first-order valence-electron chi connectivity index (χ1n) is 7.67. The number of ether oxygens (including phenoxy) is 1. The third kappa shape index (κ3) is 5.39. The number of methoxy groups -OCH3 is 1. The van der Waals surface area contributed by atoms with Crippen LogP contribution in [0.2, 0.25) is 5.02 Å². The van der Waals surface area contributed by atoms with Crippen LogP contribution in [0.5, 0.6) is 5.75 Å². The molecule has 7 heteroatoms. The van der Waals surface area contributed by atoms with Gasteiger partial charge in [-0.2, -0.15) is 0 Å². The molecular formula is C18H20ClN3O3. The van der Waals surface area contributed by atoms with Crippen LogP contribution in [-0.2, 0) is 9.59 Å². The SMILES string of the molecule is COc1ccc(NC(C)=O)cc1N[C@@H](C)C(=O)Nc1cccc(Cl)c1. The quantitative estimate of drug-likeness (QED) is 0.732. The molecule has 2 rings (SSSR count). The summed E-state index contributed by atoms with van der Waals surface area (Å²) >= 11 is 5.92. The van der Waals surface area contributed by atoms with Crippen LogP contribution in [0.25, 0.3) is 0 Å². The average molecular weight is 362 g/mol. The van der Waals surface area contributed by atoms with Crippen molar-refractivity contribution in [2.75, 3.05) is 23.1 Å². The first-order valence-corrected chi connectivity index (χ1v) is 8.05. The molecule has 0 bridgehead atoms. The van der Waals surface area contributed by atoms with Gasteiger partial charge in [0.25, 0.3) is 0 Å². The maximum atomic E-state index is 12.4. The van der Waals surface area contributed by atoms with Gasteiger partial charge in [0, 0.05) is 23.3 Å². The van der Waals surface area contributed by atoms with Gasteiger partial charge in [-0.3, -0.25) is 9.59 Å². The summed E-state index contributed by atoms with van der Waals surface area (Å²) in [5, 5.41) is 9.12. The van der Waals surface area contributed by atoms with E-state index < -0.39 is 6.04 Å². The second kappa shape index (κ2) is 8.39. The molecule has 3 N–H and O–H groups in total. The Labute approximate surface area is 151 Å². The van der Waals surface area contributed by atoms with Crippen molar-refractivity contribution in [1.29, 1.82) is 0 Å². The number of nitrogens with one attached hydrogen (secondary N) is 3. The summed E-state index contributed by atoms with van der Waals surface area (Å²) < 4.78 is 5.30. The maximum Gasteiger partial charge on any atom is 0.246 e. The second-order valence-corrected chi connectivity index (χ2v) is 5.90. The van der Waals surface area contributed by atoms with Crippen molar-refractivity contribution in [3.63, 3.8) is 0 Å². The van der Waals surface area contributed by atoms with Crippen molar-refractivity contribution in [1.82, 2.24) is 0 Å². The minimum Gasteiger partial charge on any atom is -0.495 e. The van der Waals surface area contributed by atoms with Crippen LogP contribution in [0.4, 0.5) is 17.1 Å². The normalized spacial score (nSPS) is 11.4. The van der Waals surface area contributed by atoms with Crippen molar-refractivity contribution in [3.05, 3.63) is 47.5 Å². The molecule has 0 aromatic heterocycles. The van der Waals surface area contributed by atoms with E-state index in [1.54, 1.807) is 49.4 Å². The molecule has 0 aliphatic rings. The van der Waals surface area contributed by atoms with Crippen LogP contribution in [0.1, 0.15) is 13.8 Å². The molecule has 0 spiro atoms. The third-order valence-corrected chi connectivity index (χ3v) is 3.61. The maximum absolute atomic E-state index is 12.4. The summed E-state index contributed by atoms with van der Waals surface area (Å²) in [4.78, 5) is 23.6. The Balaban J connectivity index is 2.11. The average Bonchev–Trinajstić information content (AvgIpc) is 2.54. The van der Waals surface area contributed by atoms with Crippen molar-refractivity contribution >= 4 is 40.5 Å². The third-order valence-electron chi connectivity index (χ3n) is 3.38. The highest BCUT2D eigenvalue weighted by Crippen LogP contribution is 2.28. The molecule has 0 radical (unpaired) electrons. The first-order chi connectivity index (χ1) is 11.9. The Hall–Kier alpha value is -2.73. The molecule has 0 aliphatic carbocycles. The molecule has 0 aliphatic heterocycles. The Morgan fingerprint density at radius 3 is 2.44 bits per heavy atom. The topological polar surface area (TPSA) is 79.5 Å². The van der Waals surface area contributed by atoms with E-state index in [1.165, 1.54) is 14.0 Å². The molecule has 2 aromatic rings. The van der Waals surface area contributed by atoms with E-state index in [1.807, 2.05) is 0 Å². The smallest absolute Gasteiger partial charge is 0.246 e. The summed E-state index contributed by atoms with van der Waals surface area (Å²) in [6.07, 6.45) is 0. The molecule has 1 atom stereocenters. The fourth-order valence-electron chi connectivity index (χ4n) is 2.22. The van der Waals surface area contributed by atoms with Crippen LogP contribution in [-0.4, -0.2) is 25.0 Å². The number of carbonyl (C=O) groups is 2. The molecular weight excluding hydrogens is 342 g/mol. The van der Waals surface area contributed by atoms with E-state index in [4.69, 9.17) is 16.3 Å². The van der Waals surface area contributed by atoms with E-state index in [0.29, 0.717) is 27.8 Å². The van der Waals surface area contributed by atoms with Crippen LogP contribution in [0.15, 0.2) is 42.5 Å². The summed E-state index contributed by atoms with van der Waals surface area (Å²) in [5.41, 5.74) is 1.82. The van der Waals surface area contributed by atoms with Crippen molar-refractivity contribution in [3.8, 4) is 5.75 Å². The lowest BCUT2D eigenvalue weighted by atomic mass is 10.2. The predicted molar refractivity (Wildman–Crippen MR) is 100 cm³/mol. The summed E-state index contributed by atoms with van der Waals surface area (Å²) in [7, 11) is 1.54. The van der Waals surface area contributed by atoms with Gasteiger partial charge in [-0.05, 0) is 43.3 Å². The first kappa shape index (κ1) is 18.6. The monoisotopic (exact) mass is 361 g/mol. The Kier molecular flexibility index (Phi) is 6.25. The molecule has 0 saturated carbocycles. The lowest BCUT2D eigenvalue weighted by Gasteiger charge is -2.18. The molecule has 0 heterocycles. The van der Waals surface area contributed by atoms with Gasteiger partial charge in [-0.1, -0.05) is 17.7 Å². The number of hydrogen-bond acceptors (Lipinski definition) is 4. The summed E-state index contributed by atoms with van der Waals surface area (Å²) in [6, 6.07) is 11.5. The molecule has 2 amide bonds. The number of amides is 2. The van der Waals surface area contributed by atoms with Crippen molar-refractivity contribution < 1.29 is 14.3 Å². The van der Waals surface area contributed by atoms with E-state index in [2.05, 4.69) is 16.0 Å². The highest BCUT2D eigenvalue weighted by Gasteiger charge is 2.15. The van der Waals surface area contributed by atoms with Crippen LogP contribution in [0.3, 0.4) is 0 Å². The van der Waals surface area contributed by atoms with Crippen molar-refractivity contribution in [2.24, 2.45) is 0 Å². The summed E-state index contributed by atoms with van der Waals surface area (Å²) in [5.74, 6) is 0.161. The zero-order valence-corrected chi connectivity index (χ0v) is 15.0. The zero-order valence-electron chi connectivity index (χ0n) is 14.2.